The quantitative estimate of drug-likeness (QED) is 0.797. The third kappa shape index (κ3) is 3.16. The molecule has 0 bridgehead atoms. The van der Waals surface area contributed by atoms with Crippen molar-refractivity contribution in [3.05, 3.63) is 47.5 Å². The lowest BCUT2D eigenvalue weighted by Gasteiger charge is -2.40. The van der Waals surface area contributed by atoms with Crippen LogP contribution in [0.25, 0.3) is 0 Å². The zero-order valence-electron chi connectivity index (χ0n) is 17.1. The Morgan fingerprint density at radius 1 is 1.10 bits per heavy atom. The van der Waals surface area contributed by atoms with Gasteiger partial charge in [0.25, 0.3) is 0 Å². The largest absolute Gasteiger partial charge is 0.381 e. The second-order valence-corrected chi connectivity index (χ2v) is 8.58. The molecule has 0 saturated carbocycles. The molecule has 1 aromatic carbocycles. The van der Waals surface area contributed by atoms with Crippen LogP contribution in [0.1, 0.15) is 48.9 Å². The topological polar surface area (TPSA) is 63.5 Å². The maximum absolute atomic E-state index is 14.1. The number of fused-ring (bicyclic) bond motifs is 1. The van der Waals surface area contributed by atoms with Crippen LogP contribution in [0.15, 0.2) is 30.3 Å². The van der Waals surface area contributed by atoms with Crippen molar-refractivity contribution in [1.29, 1.82) is 0 Å². The Hall–Kier alpha value is -2.25. The molecule has 2 fully saturated rings. The molecule has 154 valence electrons. The number of carbonyl (C=O) groups excluding carboxylic acids is 1. The normalized spacial score (nSPS) is 24.4. The van der Waals surface area contributed by atoms with Crippen molar-refractivity contribution < 1.29 is 9.53 Å². The molecule has 0 aliphatic carbocycles. The van der Waals surface area contributed by atoms with Crippen molar-refractivity contribution in [2.45, 2.75) is 50.2 Å². The van der Waals surface area contributed by atoms with Crippen LogP contribution in [0.2, 0.25) is 0 Å². The van der Waals surface area contributed by atoms with Gasteiger partial charge in [-0.05, 0) is 38.3 Å². The van der Waals surface area contributed by atoms with Crippen molar-refractivity contribution in [3.8, 4) is 0 Å². The fourth-order valence-electron chi connectivity index (χ4n) is 5.20. The predicted molar refractivity (Wildman–Crippen MR) is 108 cm³/mol. The Kier molecular flexibility index (Phi) is 4.87. The number of hydrogen-bond acceptors (Lipinski definition) is 5. The highest BCUT2D eigenvalue weighted by Crippen LogP contribution is 2.41. The summed E-state index contributed by atoms with van der Waals surface area (Å²) in [5.41, 5.74) is 0.622. The lowest BCUT2D eigenvalue weighted by atomic mass is 9.73. The summed E-state index contributed by atoms with van der Waals surface area (Å²) in [6, 6.07) is 10.3. The van der Waals surface area contributed by atoms with E-state index in [0.717, 1.165) is 69.1 Å². The SMILES string of the molecule is CN1CCn2c(nnc2C2CCCN2C(=O)C2(c3ccccc3)CCOCC2)C1. The second-order valence-electron chi connectivity index (χ2n) is 8.58. The average molecular weight is 396 g/mol. The van der Waals surface area contributed by atoms with E-state index in [9.17, 15) is 4.79 Å². The molecular formula is C22H29N5O2. The molecule has 3 aliphatic heterocycles. The van der Waals surface area contributed by atoms with E-state index in [1.165, 1.54) is 0 Å². The average Bonchev–Trinajstić information content (AvgIpc) is 3.40. The van der Waals surface area contributed by atoms with E-state index in [1.54, 1.807) is 0 Å². The molecule has 29 heavy (non-hydrogen) atoms. The smallest absolute Gasteiger partial charge is 0.234 e. The minimum absolute atomic E-state index is 0.0237. The highest BCUT2D eigenvalue weighted by atomic mass is 16.5. The molecule has 1 aromatic heterocycles. The van der Waals surface area contributed by atoms with Gasteiger partial charge in [-0.3, -0.25) is 9.69 Å². The number of rotatable bonds is 3. The summed E-state index contributed by atoms with van der Waals surface area (Å²) in [4.78, 5) is 18.4. The zero-order valence-corrected chi connectivity index (χ0v) is 17.1. The van der Waals surface area contributed by atoms with E-state index >= 15 is 0 Å². The predicted octanol–water partition coefficient (Wildman–Crippen LogP) is 2.14. The highest BCUT2D eigenvalue weighted by Gasteiger charge is 2.47. The van der Waals surface area contributed by atoms with Crippen LogP contribution in [-0.4, -0.2) is 63.8 Å². The van der Waals surface area contributed by atoms with E-state index < -0.39 is 5.41 Å². The van der Waals surface area contributed by atoms with Crippen LogP contribution in [0, 0.1) is 0 Å². The van der Waals surface area contributed by atoms with Crippen molar-refractivity contribution in [2.75, 3.05) is 33.4 Å². The van der Waals surface area contributed by atoms with Crippen molar-refractivity contribution in [1.82, 2.24) is 24.6 Å². The van der Waals surface area contributed by atoms with Crippen molar-refractivity contribution >= 4 is 5.91 Å². The number of carbonyl (C=O) groups is 1. The van der Waals surface area contributed by atoms with Gasteiger partial charge in [0.15, 0.2) is 5.82 Å². The maximum Gasteiger partial charge on any atom is 0.234 e. The number of amides is 1. The molecule has 0 spiro atoms. The van der Waals surface area contributed by atoms with Crippen LogP contribution in [-0.2, 0) is 28.0 Å². The second kappa shape index (κ2) is 7.54. The Morgan fingerprint density at radius 2 is 1.90 bits per heavy atom. The first-order chi connectivity index (χ1) is 14.2. The fraction of sp³-hybridized carbons (Fsp3) is 0.591. The van der Waals surface area contributed by atoms with Gasteiger partial charge < -0.3 is 14.2 Å². The minimum Gasteiger partial charge on any atom is -0.381 e. The summed E-state index contributed by atoms with van der Waals surface area (Å²) in [6.07, 6.45) is 3.45. The Morgan fingerprint density at radius 3 is 2.69 bits per heavy atom. The molecule has 0 N–H and O–H groups in total. The Balaban J connectivity index is 1.48. The lowest BCUT2D eigenvalue weighted by Crippen LogP contribution is -2.50. The zero-order chi connectivity index (χ0) is 19.8. The lowest BCUT2D eigenvalue weighted by molar-refractivity contribution is -0.142. The molecule has 1 atom stereocenters. The maximum atomic E-state index is 14.1. The van der Waals surface area contributed by atoms with Crippen LogP contribution < -0.4 is 0 Å². The van der Waals surface area contributed by atoms with Crippen molar-refractivity contribution in [2.24, 2.45) is 0 Å². The minimum atomic E-state index is -0.493. The van der Waals surface area contributed by atoms with Gasteiger partial charge in [-0.25, -0.2) is 0 Å². The summed E-state index contributed by atoms with van der Waals surface area (Å²) >= 11 is 0. The van der Waals surface area contributed by atoms with Gasteiger partial charge in [0.1, 0.15) is 5.82 Å². The van der Waals surface area contributed by atoms with Gasteiger partial charge in [-0.15, -0.1) is 10.2 Å². The standard InChI is InChI=1S/C22H29N5O2/c1-25-12-13-27-19(16-25)23-24-20(27)18-8-5-11-26(18)21(28)22(9-14-29-15-10-22)17-6-3-2-4-7-17/h2-4,6-7,18H,5,8-16H2,1H3. The molecule has 2 saturated heterocycles. The molecule has 2 aromatic rings. The number of likely N-dealkylation sites (tertiary alicyclic amines) is 1. The van der Waals surface area contributed by atoms with Gasteiger partial charge in [-0.2, -0.15) is 0 Å². The first-order valence-electron chi connectivity index (χ1n) is 10.7. The van der Waals surface area contributed by atoms with Crippen LogP contribution in [0.4, 0.5) is 0 Å². The van der Waals surface area contributed by atoms with Gasteiger partial charge in [0.2, 0.25) is 5.91 Å². The monoisotopic (exact) mass is 395 g/mol. The molecule has 1 unspecified atom stereocenters. The Labute approximate surface area is 171 Å². The number of benzene rings is 1. The number of likely N-dealkylation sites (N-methyl/N-ethyl adjacent to an activating group) is 1. The molecule has 5 rings (SSSR count). The van der Waals surface area contributed by atoms with Crippen LogP contribution >= 0.6 is 0 Å². The highest BCUT2D eigenvalue weighted by molar-refractivity contribution is 5.89. The number of nitrogens with zero attached hydrogens (tertiary/aromatic N) is 5. The summed E-state index contributed by atoms with van der Waals surface area (Å²) < 4.78 is 7.89. The number of ether oxygens (including phenoxy) is 1. The molecule has 4 heterocycles. The summed E-state index contributed by atoms with van der Waals surface area (Å²) in [5.74, 6) is 2.21. The van der Waals surface area contributed by atoms with E-state index in [0.29, 0.717) is 13.2 Å². The third-order valence-corrected chi connectivity index (χ3v) is 6.87. The van der Waals surface area contributed by atoms with Crippen LogP contribution in [0.3, 0.4) is 0 Å². The molecule has 7 nitrogen and oxygen atoms in total. The van der Waals surface area contributed by atoms with Gasteiger partial charge in [0, 0.05) is 32.8 Å². The van der Waals surface area contributed by atoms with Gasteiger partial charge in [-0.1, -0.05) is 30.3 Å². The summed E-state index contributed by atoms with van der Waals surface area (Å²) in [5, 5.41) is 9.00. The van der Waals surface area contributed by atoms with Crippen molar-refractivity contribution in [3.63, 3.8) is 0 Å². The van der Waals surface area contributed by atoms with Crippen LogP contribution in [0.5, 0.6) is 0 Å². The third-order valence-electron chi connectivity index (χ3n) is 6.87. The van der Waals surface area contributed by atoms with Gasteiger partial charge >= 0.3 is 0 Å². The number of hydrogen-bond donors (Lipinski definition) is 0. The Bertz CT molecular complexity index is 875. The number of aromatic nitrogens is 3. The molecule has 0 radical (unpaired) electrons. The first kappa shape index (κ1) is 18.8. The molecular weight excluding hydrogens is 366 g/mol. The van der Waals surface area contributed by atoms with E-state index in [1.807, 2.05) is 18.2 Å². The van der Waals surface area contributed by atoms with E-state index in [4.69, 9.17) is 4.74 Å². The molecule has 7 heteroatoms. The van der Waals surface area contributed by atoms with E-state index in [2.05, 4.69) is 43.7 Å². The molecule has 1 amide bonds. The summed E-state index contributed by atoms with van der Waals surface area (Å²) in [6.45, 7) is 4.76. The van der Waals surface area contributed by atoms with Gasteiger partial charge in [0.05, 0.1) is 18.0 Å². The fourth-order valence-corrected chi connectivity index (χ4v) is 5.20. The summed E-state index contributed by atoms with van der Waals surface area (Å²) in [7, 11) is 2.11. The first-order valence-corrected chi connectivity index (χ1v) is 10.7. The molecule has 3 aliphatic rings. The van der Waals surface area contributed by atoms with E-state index in [-0.39, 0.29) is 11.9 Å².